The van der Waals surface area contributed by atoms with Crippen molar-refractivity contribution < 1.29 is 9.53 Å². The highest BCUT2D eigenvalue weighted by molar-refractivity contribution is 5.94. The molecule has 1 amide bonds. The number of fused-ring (bicyclic) bond motifs is 3. The van der Waals surface area contributed by atoms with Crippen LogP contribution in [0.4, 0.5) is 10.5 Å². The van der Waals surface area contributed by atoms with E-state index in [1.165, 1.54) is 16.7 Å². The maximum atomic E-state index is 12.9. The fourth-order valence-corrected chi connectivity index (χ4v) is 4.58. The highest BCUT2D eigenvalue weighted by Crippen LogP contribution is 2.46. The monoisotopic (exact) mass is 355 g/mol. The summed E-state index contributed by atoms with van der Waals surface area (Å²) >= 11 is 0. The van der Waals surface area contributed by atoms with Crippen LogP contribution in [0.3, 0.4) is 0 Å². The summed E-state index contributed by atoms with van der Waals surface area (Å²) in [7, 11) is 0. The number of ether oxygens (including phenoxy) is 1. The Balaban J connectivity index is 1.58. The highest BCUT2D eigenvalue weighted by atomic mass is 16.6. The van der Waals surface area contributed by atoms with Crippen molar-refractivity contribution in [2.75, 3.05) is 4.90 Å². The smallest absolute Gasteiger partial charge is 0.415 e. The van der Waals surface area contributed by atoms with E-state index in [4.69, 9.17) is 4.74 Å². The summed E-state index contributed by atoms with van der Waals surface area (Å²) in [6.45, 7) is 0. The van der Waals surface area contributed by atoms with Crippen molar-refractivity contribution in [1.29, 1.82) is 0 Å². The first-order chi connectivity index (χ1) is 13.3. The van der Waals surface area contributed by atoms with E-state index in [1.807, 2.05) is 59.5 Å². The molecule has 27 heavy (non-hydrogen) atoms. The first-order valence-corrected chi connectivity index (χ1v) is 9.43. The van der Waals surface area contributed by atoms with E-state index < -0.39 is 5.60 Å². The lowest BCUT2D eigenvalue weighted by atomic mass is 9.81. The molecule has 0 N–H and O–H groups in total. The summed E-state index contributed by atoms with van der Waals surface area (Å²) in [5.41, 5.74) is 4.04. The molecule has 0 aromatic heterocycles. The molecule has 2 heterocycles. The van der Waals surface area contributed by atoms with Crippen LogP contribution in [0, 0.1) is 0 Å². The molecule has 3 aromatic rings. The fourth-order valence-electron chi connectivity index (χ4n) is 4.58. The Hall–Kier alpha value is -3.07. The number of hydrogen-bond acceptors (Lipinski definition) is 2. The fraction of sp³-hybridized carbons (Fsp3) is 0.208. The summed E-state index contributed by atoms with van der Waals surface area (Å²) in [5, 5.41) is 0. The molecule has 1 fully saturated rings. The summed E-state index contributed by atoms with van der Waals surface area (Å²) < 4.78 is 6.17. The normalized spacial score (nSPS) is 19.5. The molecule has 0 saturated carbocycles. The van der Waals surface area contributed by atoms with Crippen molar-refractivity contribution in [3.05, 3.63) is 102 Å². The zero-order chi connectivity index (χ0) is 18.3. The second-order valence-corrected chi connectivity index (χ2v) is 7.48. The predicted octanol–water partition coefficient (Wildman–Crippen LogP) is 4.79. The molecule has 1 atom stereocenters. The molecule has 134 valence electrons. The van der Waals surface area contributed by atoms with Gasteiger partial charge in [-0.2, -0.15) is 0 Å². The van der Waals surface area contributed by atoms with Crippen molar-refractivity contribution >= 4 is 11.8 Å². The van der Waals surface area contributed by atoms with Crippen LogP contribution >= 0.6 is 0 Å². The highest BCUT2D eigenvalue weighted by Gasteiger charge is 2.57. The summed E-state index contributed by atoms with van der Waals surface area (Å²) in [5.74, 6) is 0. The van der Waals surface area contributed by atoms with Crippen molar-refractivity contribution in [2.24, 2.45) is 0 Å². The Morgan fingerprint density at radius 1 is 0.815 bits per heavy atom. The van der Waals surface area contributed by atoms with E-state index in [1.54, 1.807) is 0 Å². The second-order valence-electron chi connectivity index (χ2n) is 7.48. The van der Waals surface area contributed by atoms with Crippen molar-refractivity contribution in [3.8, 4) is 0 Å². The van der Waals surface area contributed by atoms with Crippen LogP contribution in [0.25, 0.3) is 0 Å². The molecule has 3 nitrogen and oxygen atoms in total. The Bertz CT molecular complexity index is 926. The third-order valence-electron chi connectivity index (χ3n) is 5.76. The van der Waals surface area contributed by atoms with Gasteiger partial charge < -0.3 is 4.74 Å². The third kappa shape index (κ3) is 2.71. The number of carbonyl (C=O) groups is 1. The number of nitrogens with zero attached hydrogens (tertiary/aromatic N) is 1. The van der Waals surface area contributed by atoms with E-state index >= 15 is 0 Å². The van der Waals surface area contributed by atoms with E-state index in [-0.39, 0.29) is 12.1 Å². The van der Waals surface area contributed by atoms with Crippen LogP contribution in [-0.2, 0) is 24.0 Å². The lowest BCUT2D eigenvalue weighted by molar-refractivity contribution is 0.0371. The Labute approximate surface area is 159 Å². The van der Waals surface area contributed by atoms with Crippen molar-refractivity contribution in [2.45, 2.75) is 30.9 Å². The topological polar surface area (TPSA) is 29.5 Å². The maximum absolute atomic E-state index is 12.9. The number of cyclic esters (lactones) is 1. The lowest BCUT2D eigenvalue weighted by Gasteiger charge is -2.32. The van der Waals surface area contributed by atoms with Crippen LogP contribution < -0.4 is 4.90 Å². The molecule has 0 aliphatic carbocycles. The average molecular weight is 355 g/mol. The van der Waals surface area contributed by atoms with Crippen LogP contribution in [0.5, 0.6) is 0 Å². The Morgan fingerprint density at radius 3 is 2.00 bits per heavy atom. The minimum Gasteiger partial charge on any atom is -0.440 e. The van der Waals surface area contributed by atoms with Gasteiger partial charge in [0.1, 0.15) is 5.60 Å². The van der Waals surface area contributed by atoms with Gasteiger partial charge in [-0.15, -0.1) is 0 Å². The molecule has 0 unspecified atom stereocenters. The minimum atomic E-state index is -0.571. The second kappa shape index (κ2) is 6.27. The zero-order valence-electron chi connectivity index (χ0n) is 15.0. The maximum Gasteiger partial charge on any atom is 0.415 e. The number of anilines is 1. The van der Waals surface area contributed by atoms with Gasteiger partial charge in [0, 0.05) is 12.8 Å². The average Bonchev–Trinajstić information content (AvgIpc) is 3.20. The van der Waals surface area contributed by atoms with E-state index in [2.05, 4.69) is 30.3 Å². The Morgan fingerprint density at radius 2 is 1.37 bits per heavy atom. The van der Waals surface area contributed by atoms with Gasteiger partial charge in [0.2, 0.25) is 0 Å². The van der Waals surface area contributed by atoms with Gasteiger partial charge in [0.05, 0.1) is 11.7 Å². The third-order valence-corrected chi connectivity index (χ3v) is 5.76. The van der Waals surface area contributed by atoms with E-state index in [9.17, 15) is 4.79 Å². The quantitative estimate of drug-likeness (QED) is 0.673. The first kappa shape index (κ1) is 16.1. The van der Waals surface area contributed by atoms with E-state index in [0.29, 0.717) is 12.8 Å². The largest absolute Gasteiger partial charge is 0.440 e. The number of para-hydroxylation sites is 1. The molecule has 1 saturated heterocycles. The minimum absolute atomic E-state index is 0.0165. The van der Waals surface area contributed by atoms with Gasteiger partial charge in [-0.25, -0.2) is 4.79 Å². The number of hydrogen-bond donors (Lipinski definition) is 0. The zero-order valence-corrected chi connectivity index (χ0v) is 15.0. The lowest BCUT2D eigenvalue weighted by Crippen LogP contribution is -2.48. The Kier molecular flexibility index (Phi) is 3.75. The van der Waals surface area contributed by atoms with Gasteiger partial charge in [0.25, 0.3) is 0 Å². The SMILES string of the molecule is O=C1OC(Cc2ccccc2)(Cc2ccccc2)[C@@H]2Cc3ccccc3N12. The molecule has 3 aromatic carbocycles. The van der Waals surface area contributed by atoms with Gasteiger partial charge >= 0.3 is 6.09 Å². The predicted molar refractivity (Wildman–Crippen MR) is 106 cm³/mol. The molecule has 0 spiro atoms. The van der Waals surface area contributed by atoms with Crippen molar-refractivity contribution in [1.82, 2.24) is 0 Å². The van der Waals surface area contributed by atoms with Gasteiger partial charge in [-0.1, -0.05) is 78.9 Å². The molecule has 2 aliphatic rings. The van der Waals surface area contributed by atoms with Crippen LogP contribution in [0.1, 0.15) is 16.7 Å². The summed E-state index contributed by atoms with van der Waals surface area (Å²) in [4.78, 5) is 14.8. The molecule has 2 aliphatic heterocycles. The van der Waals surface area contributed by atoms with Crippen LogP contribution in [-0.4, -0.2) is 17.7 Å². The molecular formula is C24H21NO2. The number of benzene rings is 3. The first-order valence-electron chi connectivity index (χ1n) is 9.43. The summed E-state index contributed by atoms with van der Waals surface area (Å²) in [6, 6.07) is 28.9. The van der Waals surface area contributed by atoms with Crippen LogP contribution in [0.2, 0.25) is 0 Å². The van der Waals surface area contributed by atoms with Crippen molar-refractivity contribution in [3.63, 3.8) is 0 Å². The summed E-state index contributed by atoms with van der Waals surface area (Å²) in [6.07, 6.45) is 2.03. The van der Waals surface area contributed by atoms with Gasteiger partial charge in [0.15, 0.2) is 0 Å². The molecular weight excluding hydrogens is 334 g/mol. The molecule has 0 radical (unpaired) electrons. The molecule has 0 bridgehead atoms. The number of carbonyl (C=O) groups excluding carboxylic acids is 1. The van der Waals surface area contributed by atoms with Crippen LogP contribution in [0.15, 0.2) is 84.9 Å². The van der Waals surface area contributed by atoms with E-state index in [0.717, 1.165) is 12.1 Å². The van der Waals surface area contributed by atoms with Gasteiger partial charge in [-0.3, -0.25) is 4.90 Å². The number of rotatable bonds is 4. The molecule has 5 rings (SSSR count). The standard InChI is InChI=1S/C24H21NO2/c26-23-25-21-14-8-7-13-20(21)15-22(25)24(27-23,16-18-9-3-1-4-10-18)17-19-11-5-2-6-12-19/h1-14,22H,15-17H2/t22-/m0/s1. The van der Waals surface area contributed by atoms with Gasteiger partial charge in [-0.05, 0) is 29.2 Å². The molecule has 3 heteroatoms. The number of amides is 1.